The molecule has 1 radical (unpaired) electrons. The van der Waals surface area contributed by atoms with Gasteiger partial charge in [-0.05, 0) is 90.6 Å². The Morgan fingerprint density at radius 3 is 2.61 bits per heavy atom. The van der Waals surface area contributed by atoms with E-state index >= 15 is 0 Å². The van der Waals surface area contributed by atoms with E-state index in [1.165, 1.54) is 68.3 Å². The normalized spacial score (nSPS) is 35.1. The standard InChI is InChI=1S/C29H45NO2.V/c1-20-18-21(2)22(3)24(19-20)12-11-23-10-9-16-29(6)25(23)13-14-26(29)28(4,5)17-15-27(31)30(7)32-8;/h11-12,15,17,20-21,25-26H,3,9-10,13-14,16,18-19H2,1-2,4-8H3;/b17-15+,23-11+,24-12+;/t20-,21-,25?,26?,29-;/m0./s1. The number of rotatable bonds is 5. The maximum atomic E-state index is 12.2. The molecule has 0 aromatic carbocycles. The zero-order valence-corrected chi connectivity index (χ0v) is 23.4. The third-order valence-corrected chi connectivity index (χ3v) is 8.93. The fourth-order valence-corrected chi connectivity index (χ4v) is 7.09. The molecular weight excluding hydrogens is 445 g/mol. The van der Waals surface area contributed by atoms with Crippen LogP contribution in [0.3, 0.4) is 0 Å². The number of carbonyl (C=O) groups excluding carboxylic acids is 1. The summed E-state index contributed by atoms with van der Waals surface area (Å²) in [6.07, 6.45) is 17.4. The van der Waals surface area contributed by atoms with Crippen LogP contribution in [0.15, 0.2) is 47.6 Å². The second kappa shape index (κ2) is 11.1. The van der Waals surface area contributed by atoms with Crippen molar-refractivity contribution in [2.45, 2.75) is 79.6 Å². The zero-order valence-electron chi connectivity index (χ0n) is 22.0. The van der Waals surface area contributed by atoms with E-state index in [0.717, 1.165) is 5.92 Å². The molecule has 33 heavy (non-hydrogen) atoms. The third-order valence-electron chi connectivity index (χ3n) is 8.93. The average Bonchev–Trinajstić information content (AvgIpc) is 3.11. The van der Waals surface area contributed by atoms with Gasteiger partial charge in [-0.2, -0.15) is 0 Å². The van der Waals surface area contributed by atoms with Gasteiger partial charge in [-0.1, -0.05) is 65.0 Å². The van der Waals surface area contributed by atoms with Crippen LogP contribution in [0, 0.1) is 34.5 Å². The molecule has 3 rings (SSSR count). The molecule has 1 amide bonds. The molecule has 4 heteroatoms. The van der Waals surface area contributed by atoms with Crippen LogP contribution < -0.4 is 0 Å². The van der Waals surface area contributed by atoms with Gasteiger partial charge in [0.2, 0.25) is 0 Å². The Morgan fingerprint density at radius 1 is 1.24 bits per heavy atom. The molecule has 0 heterocycles. The number of allylic oxidation sites excluding steroid dienone is 6. The Labute approximate surface area is 214 Å². The predicted octanol–water partition coefficient (Wildman–Crippen LogP) is 7.28. The summed E-state index contributed by atoms with van der Waals surface area (Å²) in [5, 5.41) is 1.28. The second-order valence-electron chi connectivity index (χ2n) is 11.6. The molecule has 3 aliphatic carbocycles. The van der Waals surface area contributed by atoms with Crippen molar-refractivity contribution >= 4 is 5.91 Å². The number of hydrogen-bond acceptors (Lipinski definition) is 2. The van der Waals surface area contributed by atoms with Crippen LogP contribution in [0.1, 0.15) is 79.6 Å². The quantitative estimate of drug-likeness (QED) is 0.299. The Hall–Kier alpha value is -1.03. The zero-order chi connectivity index (χ0) is 23.7. The molecule has 3 fully saturated rings. The number of hydroxylamine groups is 2. The second-order valence-corrected chi connectivity index (χ2v) is 11.6. The van der Waals surface area contributed by atoms with Crippen molar-refractivity contribution in [1.82, 2.24) is 5.06 Å². The summed E-state index contributed by atoms with van der Waals surface area (Å²) in [7, 11) is 3.18. The van der Waals surface area contributed by atoms with Crippen LogP contribution in [0.4, 0.5) is 0 Å². The summed E-state index contributed by atoms with van der Waals surface area (Å²) in [6.45, 7) is 16.2. The maximum absolute atomic E-state index is 12.2. The van der Waals surface area contributed by atoms with Crippen LogP contribution in [0.2, 0.25) is 0 Å². The van der Waals surface area contributed by atoms with E-state index in [-0.39, 0.29) is 35.3 Å². The SMILES string of the molecule is C=C1/C(=C/C=C2\CCC[C@@]3(C)C2CCC3C(C)(C)/C=C/C(=O)N(C)OC)C[C@@H](C)C[C@@H]1C.[V]. The monoisotopic (exact) mass is 490 g/mol. The largest absolute Gasteiger partial charge is 0.274 e. The first kappa shape index (κ1) is 28.2. The number of nitrogens with zero attached hydrogens (tertiary/aromatic N) is 1. The van der Waals surface area contributed by atoms with Crippen LogP contribution >= 0.6 is 0 Å². The van der Waals surface area contributed by atoms with Crippen LogP contribution in [-0.2, 0) is 28.2 Å². The van der Waals surface area contributed by atoms with Crippen molar-refractivity contribution in [3.63, 3.8) is 0 Å². The molecule has 3 saturated carbocycles. The van der Waals surface area contributed by atoms with Gasteiger partial charge in [-0.3, -0.25) is 9.63 Å². The van der Waals surface area contributed by atoms with Crippen molar-refractivity contribution < 1.29 is 28.2 Å². The topological polar surface area (TPSA) is 29.5 Å². The molecule has 0 saturated heterocycles. The van der Waals surface area contributed by atoms with E-state index in [2.05, 4.69) is 59.4 Å². The van der Waals surface area contributed by atoms with Crippen molar-refractivity contribution in [3.05, 3.63) is 47.6 Å². The summed E-state index contributed by atoms with van der Waals surface area (Å²) in [4.78, 5) is 17.3. The number of hydrogen-bond donors (Lipinski definition) is 0. The number of carbonyl (C=O) groups is 1. The van der Waals surface area contributed by atoms with Crippen molar-refractivity contribution in [2.24, 2.45) is 34.5 Å². The molecule has 0 bridgehead atoms. The summed E-state index contributed by atoms with van der Waals surface area (Å²) in [5.74, 6) is 2.46. The minimum atomic E-state index is -0.104. The molecule has 183 valence electrons. The smallest absolute Gasteiger partial charge is 0.269 e. The molecule has 0 aliphatic heterocycles. The van der Waals surface area contributed by atoms with Crippen molar-refractivity contribution in [1.29, 1.82) is 0 Å². The summed E-state index contributed by atoms with van der Waals surface area (Å²) in [5.41, 5.74) is 4.71. The Bertz CT molecular complexity index is 823. The van der Waals surface area contributed by atoms with Gasteiger partial charge in [-0.15, -0.1) is 0 Å². The Morgan fingerprint density at radius 2 is 1.94 bits per heavy atom. The van der Waals surface area contributed by atoms with Crippen molar-refractivity contribution in [3.8, 4) is 0 Å². The van der Waals surface area contributed by atoms with E-state index in [1.807, 2.05) is 0 Å². The molecule has 0 spiro atoms. The van der Waals surface area contributed by atoms with Crippen LogP contribution in [-0.4, -0.2) is 25.1 Å². The van der Waals surface area contributed by atoms with Crippen molar-refractivity contribution in [2.75, 3.05) is 14.2 Å². The van der Waals surface area contributed by atoms with Gasteiger partial charge in [0, 0.05) is 31.7 Å². The summed E-state index contributed by atoms with van der Waals surface area (Å²) in [6, 6.07) is 0. The van der Waals surface area contributed by atoms with E-state index in [0.29, 0.717) is 17.8 Å². The molecule has 2 unspecified atom stereocenters. The minimum Gasteiger partial charge on any atom is -0.274 e. The van der Waals surface area contributed by atoms with Gasteiger partial charge in [0.05, 0.1) is 7.11 Å². The molecule has 3 nitrogen and oxygen atoms in total. The summed E-state index contributed by atoms with van der Waals surface area (Å²) < 4.78 is 0. The first-order chi connectivity index (χ1) is 15.0. The van der Waals surface area contributed by atoms with Gasteiger partial charge >= 0.3 is 0 Å². The maximum Gasteiger partial charge on any atom is 0.269 e. The van der Waals surface area contributed by atoms with Gasteiger partial charge in [0.25, 0.3) is 5.91 Å². The summed E-state index contributed by atoms with van der Waals surface area (Å²) >= 11 is 0. The molecule has 3 aliphatic rings. The van der Waals surface area contributed by atoms with Gasteiger partial charge in [0.15, 0.2) is 0 Å². The molecule has 0 N–H and O–H groups in total. The molecule has 0 aromatic rings. The minimum absolute atomic E-state index is 0. The van der Waals surface area contributed by atoms with Gasteiger partial charge in [-0.25, -0.2) is 5.06 Å². The Balaban J connectivity index is 0.00000385. The first-order valence-corrected chi connectivity index (χ1v) is 12.6. The van der Waals surface area contributed by atoms with E-state index < -0.39 is 0 Å². The number of amides is 1. The molecule has 0 aromatic heterocycles. The van der Waals surface area contributed by atoms with Crippen LogP contribution in [0.25, 0.3) is 0 Å². The van der Waals surface area contributed by atoms with E-state index in [9.17, 15) is 4.79 Å². The van der Waals surface area contributed by atoms with Gasteiger partial charge in [0.1, 0.15) is 0 Å². The van der Waals surface area contributed by atoms with E-state index in [1.54, 1.807) is 18.7 Å². The molecule has 5 atom stereocenters. The fourth-order valence-electron chi connectivity index (χ4n) is 7.09. The molecular formula is C29H45NO2V. The number of fused-ring (bicyclic) bond motifs is 1. The van der Waals surface area contributed by atoms with Crippen LogP contribution in [0.5, 0.6) is 0 Å². The number of likely N-dealkylation sites (N-methyl/N-ethyl adjacent to an activating group) is 1. The first-order valence-electron chi connectivity index (χ1n) is 12.6. The van der Waals surface area contributed by atoms with E-state index in [4.69, 9.17) is 4.84 Å². The Kier molecular flexibility index (Phi) is 9.53. The van der Waals surface area contributed by atoms with Gasteiger partial charge < -0.3 is 0 Å². The third kappa shape index (κ3) is 5.97. The predicted molar refractivity (Wildman–Crippen MR) is 134 cm³/mol. The fraction of sp³-hybridized carbons (Fsp3) is 0.690. The average molecular weight is 491 g/mol.